The number of aromatic nitrogens is 4. The van der Waals surface area contributed by atoms with E-state index in [1.54, 1.807) is 0 Å². The number of aryl methyl sites for hydroxylation is 1. The van der Waals surface area contributed by atoms with E-state index in [-0.39, 0.29) is 18.4 Å². The number of hydrogen-bond acceptors (Lipinski definition) is 3. The maximum absolute atomic E-state index is 12.9. The summed E-state index contributed by atoms with van der Waals surface area (Å²) in [6.07, 6.45) is 2.80. The van der Waals surface area contributed by atoms with Gasteiger partial charge in [0.1, 0.15) is 5.82 Å². The van der Waals surface area contributed by atoms with Crippen LogP contribution in [0.2, 0.25) is 5.02 Å². The monoisotopic (exact) mass is 447 g/mol. The largest absolute Gasteiger partial charge is 0.346 e. The molecule has 0 radical (unpaired) electrons. The standard InChI is InChI=1S/C25H26ClN5O/c1-4-22(25-27-15-23(29-25)18-8-6-5-7-9-18)28-24(32)14-21-16(2)30-31(17(21)3)20-12-10-19(26)11-13-20/h5-13,15,22H,4,14H2,1-3H3,(H,27,29)(H,28,32). The Balaban J connectivity index is 1.48. The molecule has 2 N–H and O–H groups in total. The van der Waals surface area contributed by atoms with Gasteiger partial charge < -0.3 is 10.3 Å². The lowest BCUT2D eigenvalue weighted by Crippen LogP contribution is -2.30. The summed E-state index contributed by atoms with van der Waals surface area (Å²) in [4.78, 5) is 20.8. The first-order valence-electron chi connectivity index (χ1n) is 10.7. The Kier molecular flexibility index (Phi) is 6.42. The summed E-state index contributed by atoms with van der Waals surface area (Å²) in [5.41, 5.74) is 5.62. The van der Waals surface area contributed by atoms with Crippen molar-refractivity contribution in [2.45, 2.75) is 39.7 Å². The first-order chi connectivity index (χ1) is 15.5. The Morgan fingerprint density at radius 3 is 2.53 bits per heavy atom. The molecule has 0 saturated carbocycles. The first-order valence-corrected chi connectivity index (χ1v) is 11.0. The van der Waals surface area contributed by atoms with Crippen LogP contribution in [0, 0.1) is 13.8 Å². The number of imidazole rings is 1. The van der Waals surface area contributed by atoms with Gasteiger partial charge in [-0.15, -0.1) is 0 Å². The van der Waals surface area contributed by atoms with Crippen LogP contribution in [-0.4, -0.2) is 25.7 Å². The predicted octanol–water partition coefficient (Wildman–Crippen LogP) is 5.34. The fourth-order valence-corrected chi connectivity index (χ4v) is 3.94. The van der Waals surface area contributed by atoms with Crippen LogP contribution in [0.4, 0.5) is 0 Å². The van der Waals surface area contributed by atoms with Gasteiger partial charge in [0.2, 0.25) is 5.91 Å². The predicted molar refractivity (Wildman–Crippen MR) is 127 cm³/mol. The van der Waals surface area contributed by atoms with E-state index in [4.69, 9.17) is 11.6 Å². The minimum absolute atomic E-state index is 0.0589. The molecular weight excluding hydrogens is 422 g/mol. The van der Waals surface area contributed by atoms with Gasteiger partial charge in [-0.1, -0.05) is 48.9 Å². The molecule has 0 aliphatic heterocycles. The van der Waals surface area contributed by atoms with Gasteiger partial charge in [-0.05, 0) is 50.1 Å². The molecule has 0 aliphatic rings. The van der Waals surface area contributed by atoms with Crippen molar-refractivity contribution in [1.29, 1.82) is 0 Å². The molecular formula is C25H26ClN5O. The molecule has 0 bridgehead atoms. The van der Waals surface area contributed by atoms with E-state index < -0.39 is 0 Å². The summed E-state index contributed by atoms with van der Waals surface area (Å²) < 4.78 is 1.85. The molecule has 32 heavy (non-hydrogen) atoms. The third kappa shape index (κ3) is 4.60. The van der Waals surface area contributed by atoms with Crippen LogP contribution in [-0.2, 0) is 11.2 Å². The molecule has 1 amide bonds. The van der Waals surface area contributed by atoms with E-state index in [0.29, 0.717) is 5.02 Å². The Labute approximate surface area is 192 Å². The smallest absolute Gasteiger partial charge is 0.225 e. The molecule has 7 heteroatoms. The van der Waals surface area contributed by atoms with E-state index in [2.05, 4.69) is 20.4 Å². The average molecular weight is 448 g/mol. The van der Waals surface area contributed by atoms with Gasteiger partial charge in [0.05, 0.1) is 35.7 Å². The maximum Gasteiger partial charge on any atom is 0.225 e. The van der Waals surface area contributed by atoms with Crippen LogP contribution in [0.1, 0.15) is 42.2 Å². The van der Waals surface area contributed by atoms with Crippen LogP contribution >= 0.6 is 11.6 Å². The molecule has 0 fully saturated rings. The molecule has 1 atom stereocenters. The Morgan fingerprint density at radius 2 is 1.84 bits per heavy atom. The number of halogens is 1. The lowest BCUT2D eigenvalue weighted by atomic mass is 10.1. The molecule has 6 nitrogen and oxygen atoms in total. The molecule has 2 aromatic carbocycles. The third-order valence-electron chi connectivity index (χ3n) is 5.60. The van der Waals surface area contributed by atoms with Gasteiger partial charge >= 0.3 is 0 Å². The molecule has 2 aromatic heterocycles. The molecule has 0 aliphatic carbocycles. The lowest BCUT2D eigenvalue weighted by molar-refractivity contribution is -0.121. The van der Waals surface area contributed by atoms with Crippen molar-refractivity contribution >= 4 is 17.5 Å². The number of aromatic amines is 1. The summed E-state index contributed by atoms with van der Waals surface area (Å²) in [5.74, 6) is 0.696. The van der Waals surface area contributed by atoms with E-state index in [1.165, 1.54) is 0 Å². The average Bonchev–Trinajstić information content (AvgIpc) is 3.40. The van der Waals surface area contributed by atoms with Crippen LogP contribution in [0.5, 0.6) is 0 Å². The van der Waals surface area contributed by atoms with E-state index in [9.17, 15) is 4.79 Å². The quantitative estimate of drug-likeness (QED) is 0.401. The van der Waals surface area contributed by atoms with Gasteiger partial charge in [-0.25, -0.2) is 9.67 Å². The summed E-state index contributed by atoms with van der Waals surface area (Å²) in [5, 5.41) is 8.43. The van der Waals surface area contributed by atoms with Crippen molar-refractivity contribution in [1.82, 2.24) is 25.1 Å². The molecule has 4 rings (SSSR count). The van der Waals surface area contributed by atoms with Gasteiger partial charge in [-0.2, -0.15) is 5.10 Å². The molecule has 0 spiro atoms. The van der Waals surface area contributed by atoms with Crippen molar-refractivity contribution in [3.63, 3.8) is 0 Å². The third-order valence-corrected chi connectivity index (χ3v) is 5.86. The van der Waals surface area contributed by atoms with Crippen molar-refractivity contribution in [3.05, 3.63) is 88.6 Å². The van der Waals surface area contributed by atoms with Crippen molar-refractivity contribution in [3.8, 4) is 16.9 Å². The second-order valence-electron chi connectivity index (χ2n) is 7.79. The minimum Gasteiger partial charge on any atom is -0.346 e. The number of hydrogen-bond donors (Lipinski definition) is 2. The second kappa shape index (κ2) is 9.40. The van der Waals surface area contributed by atoms with E-state index in [0.717, 1.165) is 46.1 Å². The Hall–Kier alpha value is -3.38. The summed E-state index contributed by atoms with van der Waals surface area (Å²) >= 11 is 6.00. The molecule has 164 valence electrons. The molecule has 1 unspecified atom stereocenters. The zero-order valence-electron chi connectivity index (χ0n) is 18.4. The number of rotatable bonds is 7. The van der Waals surface area contributed by atoms with Crippen LogP contribution in [0.3, 0.4) is 0 Å². The lowest BCUT2D eigenvalue weighted by Gasteiger charge is -2.15. The van der Waals surface area contributed by atoms with E-state index >= 15 is 0 Å². The molecule has 2 heterocycles. The number of carbonyl (C=O) groups excluding carboxylic acids is 1. The van der Waals surface area contributed by atoms with Crippen molar-refractivity contribution in [2.24, 2.45) is 0 Å². The van der Waals surface area contributed by atoms with Gasteiger partial charge in [0.15, 0.2) is 0 Å². The summed E-state index contributed by atoms with van der Waals surface area (Å²) in [7, 11) is 0. The second-order valence-corrected chi connectivity index (χ2v) is 8.23. The topological polar surface area (TPSA) is 75.6 Å². The zero-order chi connectivity index (χ0) is 22.7. The van der Waals surface area contributed by atoms with Crippen molar-refractivity contribution in [2.75, 3.05) is 0 Å². The first kappa shape index (κ1) is 21.8. The van der Waals surface area contributed by atoms with Crippen molar-refractivity contribution < 1.29 is 4.79 Å². The maximum atomic E-state index is 12.9. The zero-order valence-corrected chi connectivity index (χ0v) is 19.1. The fraction of sp³-hybridized carbons (Fsp3) is 0.240. The number of amides is 1. The molecule has 0 saturated heterocycles. The highest BCUT2D eigenvalue weighted by Crippen LogP contribution is 2.22. The molecule has 4 aromatic rings. The number of nitrogens with zero attached hydrogens (tertiary/aromatic N) is 3. The van der Waals surface area contributed by atoms with Gasteiger partial charge in [0.25, 0.3) is 0 Å². The van der Waals surface area contributed by atoms with Crippen LogP contribution < -0.4 is 5.32 Å². The van der Waals surface area contributed by atoms with E-state index in [1.807, 2.05) is 86.2 Å². The summed E-state index contributed by atoms with van der Waals surface area (Å²) in [6, 6.07) is 17.3. The minimum atomic E-state index is -0.188. The Bertz CT molecular complexity index is 1210. The summed E-state index contributed by atoms with van der Waals surface area (Å²) in [6.45, 7) is 5.94. The number of benzene rings is 2. The van der Waals surface area contributed by atoms with Crippen LogP contribution in [0.15, 0.2) is 60.8 Å². The number of carbonyl (C=O) groups is 1. The highest BCUT2D eigenvalue weighted by atomic mass is 35.5. The van der Waals surface area contributed by atoms with Gasteiger partial charge in [0, 0.05) is 16.3 Å². The fourth-order valence-electron chi connectivity index (χ4n) is 3.81. The highest BCUT2D eigenvalue weighted by Gasteiger charge is 2.20. The SMILES string of the molecule is CCC(NC(=O)Cc1c(C)nn(-c2ccc(Cl)cc2)c1C)c1ncc(-c2ccccc2)[nH]1. The number of H-pyrrole nitrogens is 1. The number of nitrogens with one attached hydrogen (secondary N) is 2. The van der Waals surface area contributed by atoms with Crippen LogP contribution in [0.25, 0.3) is 16.9 Å². The normalized spacial score (nSPS) is 12.0. The van der Waals surface area contributed by atoms with Gasteiger partial charge in [-0.3, -0.25) is 4.79 Å². The highest BCUT2D eigenvalue weighted by molar-refractivity contribution is 6.30. The Morgan fingerprint density at radius 1 is 1.12 bits per heavy atom.